The van der Waals surface area contributed by atoms with Gasteiger partial charge in [-0.3, -0.25) is 0 Å². The van der Waals surface area contributed by atoms with Crippen molar-refractivity contribution in [2.45, 2.75) is 32.5 Å². The molecule has 0 unspecified atom stereocenters. The number of unbranched alkanes of at least 4 members (excludes halogenated alkanes) is 1. The van der Waals surface area contributed by atoms with Crippen LogP contribution in [0.4, 0.5) is 0 Å². The SMILES string of the molecule is C[Si](C)(C)C#CC#CCCCO. The fourth-order valence-corrected chi connectivity index (χ4v) is 0.930. The van der Waals surface area contributed by atoms with E-state index in [0.29, 0.717) is 0 Å². The van der Waals surface area contributed by atoms with E-state index < -0.39 is 8.07 Å². The van der Waals surface area contributed by atoms with Crippen molar-refractivity contribution in [1.29, 1.82) is 0 Å². The molecule has 0 saturated carbocycles. The van der Waals surface area contributed by atoms with Crippen LogP contribution in [0, 0.1) is 23.3 Å². The van der Waals surface area contributed by atoms with Crippen LogP contribution >= 0.6 is 0 Å². The van der Waals surface area contributed by atoms with Crippen LogP contribution < -0.4 is 0 Å². The molecule has 0 bridgehead atoms. The summed E-state index contributed by atoms with van der Waals surface area (Å²) in [5, 5.41) is 8.46. The molecule has 0 atom stereocenters. The maximum absolute atomic E-state index is 8.46. The van der Waals surface area contributed by atoms with Crippen LogP contribution in [0.1, 0.15) is 12.8 Å². The van der Waals surface area contributed by atoms with Gasteiger partial charge >= 0.3 is 0 Å². The van der Waals surface area contributed by atoms with E-state index in [1.54, 1.807) is 0 Å². The van der Waals surface area contributed by atoms with E-state index in [1.165, 1.54) is 0 Å². The average molecular weight is 180 g/mol. The molecule has 0 aromatic heterocycles. The summed E-state index contributed by atoms with van der Waals surface area (Å²) in [6.07, 6.45) is 1.50. The number of hydrogen-bond donors (Lipinski definition) is 1. The molecule has 66 valence electrons. The Labute approximate surface area is 76.2 Å². The second kappa shape index (κ2) is 5.89. The van der Waals surface area contributed by atoms with Crippen LogP contribution in [0.25, 0.3) is 0 Å². The lowest BCUT2D eigenvalue weighted by molar-refractivity contribution is 0.290. The first-order valence-electron chi connectivity index (χ1n) is 4.17. The van der Waals surface area contributed by atoms with E-state index in [2.05, 4.69) is 42.9 Å². The van der Waals surface area contributed by atoms with Crippen LogP contribution in [-0.4, -0.2) is 19.8 Å². The average Bonchev–Trinajstić information content (AvgIpc) is 1.94. The van der Waals surface area contributed by atoms with Crippen molar-refractivity contribution < 1.29 is 5.11 Å². The summed E-state index contributed by atoms with van der Waals surface area (Å²) in [6.45, 7) is 6.79. The van der Waals surface area contributed by atoms with E-state index in [4.69, 9.17) is 5.11 Å². The number of aliphatic hydroxyl groups excluding tert-OH is 1. The predicted molar refractivity (Wildman–Crippen MR) is 55.2 cm³/mol. The number of hydrogen-bond acceptors (Lipinski definition) is 1. The second-order valence-electron chi connectivity index (χ2n) is 3.63. The third-order valence-corrected chi connectivity index (χ3v) is 1.92. The maximum Gasteiger partial charge on any atom is 0.130 e. The minimum absolute atomic E-state index is 0.218. The van der Waals surface area contributed by atoms with E-state index in [0.717, 1.165) is 12.8 Å². The van der Waals surface area contributed by atoms with Crippen LogP contribution in [0.2, 0.25) is 19.6 Å². The Balaban J connectivity index is 3.74. The molecule has 0 amide bonds. The van der Waals surface area contributed by atoms with Crippen molar-refractivity contribution in [2.24, 2.45) is 0 Å². The molecule has 0 aromatic rings. The van der Waals surface area contributed by atoms with Crippen molar-refractivity contribution in [2.75, 3.05) is 6.61 Å². The Morgan fingerprint density at radius 3 is 2.33 bits per heavy atom. The fourth-order valence-electron chi connectivity index (χ4n) is 0.493. The third-order valence-electron chi connectivity index (χ3n) is 1.05. The van der Waals surface area contributed by atoms with Crippen molar-refractivity contribution in [3.8, 4) is 23.3 Å². The van der Waals surface area contributed by atoms with Crippen molar-refractivity contribution in [3.05, 3.63) is 0 Å². The molecule has 0 aliphatic rings. The molecular formula is C10H16OSi. The minimum atomic E-state index is -1.24. The topological polar surface area (TPSA) is 20.2 Å². The highest BCUT2D eigenvalue weighted by Crippen LogP contribution is 1.95. The zero-order chi connectivity index (χ0) is 9.45. The monoisotopic (exact) mass is 180 g/mol. The van der Waals surface area contributed by atoms with Gasteiger partial charge in [-0.2, -0.15) is 0 Å². The Morgan fingerprint density at radius 2 is 1.83 bits per heavy atom. The standard InChI is InChI=1S/C10H16OSi/c1-12(2,3)10-8-6-4-5-7-9-11/h11H,5,7,9H2,1-3H3. The van der Waals surface area contributed by atoms with E-state index in [9.17, 15) is 0 Å². The number of rotatable bonds is 2. The van der Waals surface area contributed by atoms with Crippen LogP contribution in [-0.2, 0) is 0 Å². The van der Waals surface area contributed by atoms with E-state index in [1.807, 2.05) is 0 Å². The van der Waals surface area contributed by atoms with Gasteiger partial charge in [-0.25, -0.2) is 0 Å². The Hall–Kier alpha value is -0.703. The molecular weight excluding hydrogens is 164 g/mol. The Kier molecular flexibility index (Phi) is 5.54. The van der Waals surface area contributed by atoms with Gasteiger partial charge in [-0.05, 0) is 18.3 Å². The third kappa shape index (κ3) is 9.30. The summed E-state index contributed by atoms with van der Waals surface area (Å²) < 4.78 is 0. The lowest BCUT2D eigenvalue weighted by Gasteiger charge is -2.01. The molecule has 0 fully saturated rings. The Morgan fingerprint density at radius 1 is 1.17 bits per heavy atom. The first-order valence-corrected chi connectivity index (χ1v) is 7.67. The highest BCUT2D eigenvalue weighted by molar-refractivity contribution is 6.83. The lowest BCUT2D eigenvalue weighted by atomic mass is 10.3. The highest BCUT2D eigenvalue weighted by atomic mass is 28.3. The molecule has 0 aliphatic carbocycles. The molecule has 1 nitrogen and oxygen atoms in total. The smallest absolute Gasteiger partial charge is 0.130 e. The quantitative estimate of drug-likeness (QED) is 0.389. The summed E-state index contributed by atoms with van der Waals surface area (Å²) >= 11 is 0. The summed E-state index contributed by atoms with van der Waals surface area (Å²) in [5.41, 5.74) is 3.15. The molecule has 2 heteroatoms. The summed E-state index contributed by atoms with van der Waals surface area (Å²) in [4.78, 5) is 0. The first-order chi connectivity index (χ1) is 5.56. The molecule has 0 saturated heterocycles. The van der Waals surface area contributed by atoms with Crippen LogP contribution in [0.15, 0.2) is 0 Å². The van der Waals surface area contributed by atoms with Gasteiger partial charge in [0.15, 0.2) is 0 Å². The molecule has 0 aliphatic heterocycles. The van der Waals surface area contributed by atoms with Gasteiger partial charge < -0.3 is 5.11 Å². The molecule has 0 aromatic carbocycles. The first kappa shape index (κ1) is 11.3. The molecule has 0 radical (unpaired) electrons. The molecule has 0 rings (SSSR count). The normalized spacial score (nSPS) is 9.33. The van der Waals surface area contributed by atoms with Gasteiger partial charge in [0.1, 0.15) is 8.07 Å². The van der Waals surface area contributed by atoms with Gasteiger partial charge in [0.05, 0.1) is 0 Å². The fraction of sp³-hybridized carbons (Fsp3) is 0.600. The molecule has 12 heavy (non-hydrogen) atoms. The summed E-state index contributed by atoms with van der Waals surface area (Å²) in [6, 6.07) is 0. The van der Waals surface area contributed by atoms with Crippen LogP contribution in [0.5, 0.6) is 0 Å². The zero-order valence-corrected chi connectivity index (χ0v) is 9.07. The number of aliphatic hydroxyl groups is 1. The molecule has 1 N–H and O–H groups in total. The van der Waals surface area contributed by atoms with Crippen molar-refractivity contribution in [3.63, 3.8) is 0 Å². The largest absolute Gasteiger partial charge is 0.396 e. The minimum Gasteiger partial charge on any atom is -0.396 e. The predicted octanol–water partition coefficient (Wildman–Crippen LogP) is 1.64. The van der Waals surface area contributed by atoms with Gasteiger partial charge in [-0.15, -0.1) is 5.54 Å². The highest BCUT2D eigenvalue weighted by Gasteiger charge is 2.06. The summed E-state index contributed by atoms with van der Waals surface area (Å²) in [7, 11) is -1.24. The zero-order valence-electron chi connectivity index (χ0n) is 8.07. The van der Waals surface area contributed by atoms with E-state index >= 15 is 0 Å². The van der Waals surface area contributed by atoms with Crippen molar-refractivity contribution in [1.82, 2.24) is 0 Å². The maximum atomic E-state index is 8.46. The summed E-state index contributed by atoms with van der Waals surface area (Å²) in [5.74, 6) is 8.54. The van der Waals surface area contributed by atoms with E-state index in [-0.39, 0.29) is 6.61 Å². The van der Waals surface area contributed by atoms with Gasteiger partial charge in [0.25, 0.3) is 0 Å². The molecule has 0 spiro atoms. The second-order valence-corrected chi connectivity index (χ2v) is 8.38. The van der Waals surface area contributed by atoms with Gasteiger partial charge in [0, 0.05) is 13.0 Å². The van der Waals surface area contributed by atoms with Gasteiger partial charge in [-0.1, -0.05) is 25.6 Å². The van der Waals surface area contributed by atoms with Gasteiger partial charge in [0.2, 0.25) is 0 Å². The molecule has 0 heterocycles. The Bertz CT molecular complexity index is 229. The van der Waals surface area contributed by atoms with Crippen molar-refractivity contribution >= 4 is 8.07 Å². The lowest BCUT2D eigenvalue weighted by Crippen LogP contribution is -2.16. The van der Waals surface area contributed by atoms with Crippen LogP contribution in [0.3, 0.4) is 0 Å².